The molecule has 0 spiro atoms. The van der Waals surface area contributed by atoms with Crippen molar-refractivity contribution in [3.05, 3.63) is 156 Å². The number of aromatic carboxylic acids is 1. The monoisotopic (exact) mass is 894 g/mol. The molecule has 0 bridgehead atoms. The molecule has 0 saturated carbocycles. The van der Waals surface area contributed by atoms with Gasteiger partial charge in [0.2, 0.25) is 5.95 Å². The van der Waals surface area contributed by atoms with Crippen LogP contribution in [-0.2, 0) is 43.2 Å². The highest BCUT2D eigenvalue weighted by Crippen LogP contribution is 2.34. The van der Waals surface area contributed by atoms with E-state index < -0.39 is 51.0 Å². The zero-order valence-electron chi connectivity index (χ0n) is 31.5. The quantitative estimate of drug-likeness (QED) is 0.0507. The first-order valence-corrected chi connectivity index (χ1v) is 22.1. The summed E-state index contributed by atoms with van der Waals surface area (Å²) < 4.78 is 103. The normalized spacial score (nSPS) is 12.3. The van der Waals surface area contributed by atoms with Crippen molar-refractivity contribution >= 4 is 81.5 Å². The third-order valence-electron chi connectivity index (χ3n) is 8.87. The van der Waals surface area contributed by atoms with Crippen LogP contribution in [0.5, 0.6) is 0 Å². The van der Waals surface area contributed by atoms with Gasteiger partial charge in [0.15, 0.2) is 0 Å². The summed E-state index contributed by atoms with van der Waals surface area (Å²) in [6, 6.07) is 30.8. The van der Waals surface area contributed by atoms with Crippen molar-refractivity contribution in [2.24, 2.45) is 20.5 Å². The van der Waals surface area contributed by atoms with Crippen LogP contribution < -0.4 is 5.32 Å². The number of hydrogen-bond donors (Lipinski definition) is 5. The molecule has 0 aliphatic rings. The number of nitrogens with one attached hydrogen (secondary N) is 1. The molecule has 0 radical (unpaired) electrons. The van der Waals surface area contributed by atoms with Gasteiger partial charge in [0, 0.05) is 29.3 Å². The third-order valence-corrected chi connectivity index (χ3v) is 11.6. The molecule has 7 rings (SSSR count). The fraction of sp³-hybridized carbons (Fsp3) is 0.0500. The average Bonchev–Trinajstić information content (AvgIpc) is 3.22. The maximum absolute atomic E-state index is 12.6. The minimum atomic E-state index is -4.87. The lowest BCUT2D eigenvalue weighted by molar-refractivity contribution is 0.0696. The number of anilines is 2. The van der Waals surface area contributed by atoms with Gasteiger partial charge in [0.25, 0.3) is 30.4 Å². The zero-order valence-corrected chi connectivity index (χ0v) is 34.0. The summed E-state index contributed by atoms with van der Waals surface area (Å²) >= 11 is 0. The Kier molecular flexibility index (Phi) is 12.0. The van der Waals surface area contributed by atoms with Crippen LogP contribution in [0.15, 0.2) is 163 Å². The molecule has 0 saturated heterocycles. The Morgan fingerprint density at radius 2 is 1.08 bits per heavy atom. The van der Waals surface area contributed by atoms with E-state index in [1.165, 1.54) is 60.7 Å². The molecule has 0 aliphatic heterocycles. The number of carboxylic acids is 1. The molecule has 1 aromatic heterocycles. The molecule has 1 heterocycles. The molecule has 6 aromatic carbocycles. The summed E-state index contributed by atoms with van der Waals surface area (Å²) in [4.78, 5) is 23.3. The predicted octanol–water partition coefficient (Wildman–Crippen LogP) is 8.22. The second kappa shape index (κ2) is 17.4. The molecular weight excluding hydrogens is 865 g/mol. The zero-order chi connectivity index (χ0) is 44.2. The Morgan fingerprint density at radius 3 is 1.71 bits per heavy atom. The maximum Gasteiger partial charge on any atom is 0.335 e. The minimum Gasteiger partial charge on any atom is -0.478 e. The van der Waals surface area contributed by atoms with Gasteiger partial charge in [-0.2, -0.15) is 55.7 Å². The third kappa shape index (κ3) is 10.6. The summed E-state index contributed by atoms with van der Waals surface area (Å²) in [5.74, 6) is -0.757. The van der Waals surface area contributed by atoms with Gasteiger partial charge in [-0.3, -0.25) is 13.7 Å². The summed E-state index contributed by atoms with van der Waals surface area (Å²) in [6.07, 6.45) is -0.0865. The highest BCUT2D eigenvalue weighted by molar-refractivity contribution is 7.86. The average molecular weight is 895 g/mol. The van der Waals surface area contributed by atoms with Crippen LogP contribution in [0.3, 0.4) is 0 Å². The number of carbonyl (C=O) groups is 1. The lowest BCUT2D eigenvalue weighted by Gasteiger charge is -2.11. The van der Waals surface area contributed by atoms with Gasteiger partial charge in [-0.05, 0) is 90.0 Å². The number of nitrogens with zero attached hydrogens (tertiary/aromatic N) is 7. The standard InChI is InChI=1S/C40H30N8O11S3/c49-39(50)25-11-16-27(17-12-25)41-40-43-37(42-38(44-40)20-26-13-18-30(22-35(26)61(54,55)56)47-45-28-5-2-1-3-6-28)19-24-9-14-29(15-10-24)46-48-31-21-33-32(36(23-31)62(57,58)59)7-4-8-34(33)60(51,52)53/h1-18,21-23H,19-20H2,(H,49,50)(H,51,52,53)(H,54,55,56)(H,57,58,59)(H,41,42,43,44). The van der Waals surface area contributed by atoms with Crippen molar-refractivity contribution in [3.8, 4) is 0 Å². The van der Waals surface area contributed by atoms with E-state index in [2.05, 4.69) is 40.7 Å². The van der Waals surface area contributed by atoms with Gasteiger partial charge in [0.05, 0.1) is 33.2 Å². The Balaban J connectivity index is 1.18. The smallest absolute Gasteiger partial charge is 0.335 e. The van der Waals surface area contributed by atoms with E-state index in [1.807, 2.05) is 0 Å². The largest absolute Gasteiger partial charge is 0.478 e. The Bertz CT molecular complexity index is 3260. The molecule has 0 atom stereocenters. The number of hydrogen-bond acceptors (Lipinski definition) is 15. The first-order chi connectivity index (χ1) is 29.4. The number of azo groups is 2. The van der Waals surface area contributed by atoms with E-state index in [0.717, 1.165) is 12.1 Å². The summed E-state index contributed by atoms with van der Waals surface area (Å²) in [5.41, 5.74) is 2.08. The van der Waals surface area contributed by atoms with Crippen LogP contribution in [0.1, 0.15) is 33.1 Å². The maximum atomic E-state index is 12.6. The predicted molar refractivity (Wildman–Crippen MR) is 223 cm³/mol. The lowest BCUT2D eigenvalue weighted by Crippen LogP contribution is -2.10. The van der Waals surface area contributed by atoms with Crippen LogP contribution >= 0.6 is 0 Å². The van der Waals surface area contributed by atoms with E-state index in [-0.39, 0.29) is 69.4 Å². The number of aromatic nitrogens is 3. The minimum absolute atomic E-state index is 0.0389. The van der Waals surface area contributed by atoms with Crippen molar-refractivity contribution < 1.29 is 48.8 Å². The van der Waals surface area contributed by atoms with Crippen molar-refractivity contribution in [2.45, 2.75) is 27.5 Å². The fourth-order valence-corrected chi connectivity index (χ4v) is 8.23. The molecule has 7 aromatic rings. The van der Waals surface area contributed by atoms with Crippen LogP contribution in [-0.4, -0.2) is 64.9 Å². The molecule has 0 amide bonds. The Hall–Kier alpha value is -7.21. The molecule has 62 heavy (non-hydrogen) atoms. The van der Waals surface area contributed by atoms with E-state index in [0.29, 0.717) is 16.9 Å². The lowest BCUT2D eigenvalue weighted by atomic mass is 10.1. The first kappa shape index (κ1) is 42.9. The molecule has 0 aliphatic carbocycles. The topological polar surface area (TPSA) is 301 Å². The molecular formula is C40H30N8O11S3. The van der Waals surface area contributed by atoms with E-state index in [9.17, 15) is 48.8 Å². The van der Waals surface area contributed by atoms with Gasteiger partial charge in [-0.25, -0.2) is 9.78 Å². The second-order valence-electron chi connectivity index (χ2n) is 13.3. The van der Waals surface area contributed by atoms with Crippen molar-refractivity contribution in [1.82, 2.24) is 15.0 Å². The first-order valence-electron chi connectivity index (χ1n) is 17.8. The summed E-state index contributed by atoms with van der Waals surface area (Å²) in [6.45, 7) is 0. The second-order valence-corrected chi connectivity index (χ2v) is 17.4. The summed E-state index contributed by atoms with van der Waals surface area (Å²) in [7, 11) is -14.4. The molecule has 0 fully saturated rings. The molecule has 22 heteroatoms. The molecule has 0 unspecified atom stereocenters. The number of carboxylic acid groups (broad SMARTS) is 1. The van der Waals surface area contributed by atoms with E-state index in [1.54, 1.807) is 54.6 Å². The van der Waals surface area contributed by atoms with Crippen molar-refractivity contribution in [3.63, 3.8) is 0 Å². The molecule has 19 nitrogen and oxygen atoms in total. The molecule has 314 valence electrons. The number of rotatable bonds is 14. The van der Waals surface area contributed by atoms with Gasteiger partial charge in [-0.15, -0.1) is 0 Å². The Labute approximate surface area is 352 Å². The van der Waals surface area contributed by atoms with Gasteiger partial charge in [0.1, 0.15) is 21.4 Å². The van der Waals surface area contributed by atoms with E-state index in [4.69, 9.17) is 0 Å². The van der Waals surface area contributed by atoms with Crippen LogP contribution in [0.25, 0.3) is 10.8 Å². The van der Waals surface area contributed by atoms with Crippen LogP contribution in [0, 0.1) is 0 Å². The van der Waals surface area contributed by atoms with Crippen molar-refractivity contribution in [2.75, 3.05) is 5.32 Å². The number of benzene rings is 6. The molecule has 5 N–H and O–H groups in total. The van der Waals surface area contributed by atoms with E-state index >= 15 is 0 Å². The summed E-state index contributed by atoms with van der Waals surface area (Å²) in [5, 5.41) is 28.3. The van der Waals surface area contributed by atoms with Gasteiger partial charge in [-0.1, -0.05) is 48.5 Å². The highest BCUT2D eigenvalue weighted by Gasteiger charge is 2.22. The number of fused-ring (bicyclic) bond motifs is 1. The van der Waals surface area contributed by atoms with Gasteiger partial charge >= 0.3 is 5.97 Å². The highest BCUT2D eigenvalue weighted by atomic mass is 32.2. The van der Waals surface area contributed by atoms with Crippen molar-refractivity contribution in [1.29, 1.82) is 0 Å². The Morgan fingerprint density at radius 1 is 0.516 bits per heavy atom. The SMILES string of the molecule is O=C(O)c1ccc(Nc2nc(Cc3ccc(N=Nc4cc(S(=O)(=O)O)c5cccc(S(=O)(=O)O)c5c4)cc3)nc(Cc3ccc(N=Nc4ccccc4)cc3S(=O)(=O)O)n2)cc1. The fourth-order valence-electron chi connectivity index (χ4n) is 6.06. The van der Waals surface area contributed by atoms with Gasteiger partial charge < -0.3 is 10.4 Å². The van der Waals surface area contributed by atoms with Crippen LogP contribution in [0.2, 0.25) is 0 Å². The van der Waals surface area contributed by atoms with Crippen LogP contribution in [0.4, 0.5) is 34.4 Å².